The highest BCUT2D eigenvalue weighted by Crippen LogP contribution is 2.32. The minimum Gasteiger partial charge on any atom is -0.467 e. The maximum atomic E-state index is 13.5. The van der Waals surface area contributed by atoms with Crippen molar-refractivity contribution in [2.45, 2.75) is 77.2 Å². The molecule has 0 unspecified atom stereocenters. The molecule has 1 heterocycles. The molecule has 55 heavy (non-hydrogen) atoms. The lowest BCUT2D eigenvalue weighted by atomic mass is 10.1. The molecule has 0 fully saturated rings. The van der Waals surface area contributed by atoms with Crippen molar-refractivity contribution in [1.82, 2.24) is 26.3 Å². The van der Waals surface area contributed by atoms with E-state index in [0.29, 0.717) is 10.8 Å². The Morgan fingerprint density at radius 2 is 1.20 bits per heavy atom. The Kier molecular flexibility index (Phi) is 14.2. The summed E-state index contributed by atoms with van der Waals surface area (Å²) >= 11 is 0. The lowest BCUT2D eigenvalue weighted by Crippen LogP contribution is -2.52. The summed E-state index contributed by atoms with van der Waals surface area (Å²) in [5.41, 5.74) is 0.776. The molecule has 0 aliphatic carbocycles. The highest BCUT2D eigenvalue weighted by atomic mass is 16.6. The standard InChI is InChI=1S/C39H46N8O8/c1-23(33(48)43-30(36(51)54-6)22-26-17-11-8-12-18-26)40-37(52)45-31-27-19-13-14-20-28(27)32(44-31)46-47-35(50)29(21-25-15-9-7-10-16-25)42-34(49)24(2)41-38(53)55-39(3,4)5/h7-20,23-24,29-30,44H,21-22H2,1-6H3,(H,41,53)(H,42,49)(H,43,48)(H2,40,45,52)/t23-,24-,29-,30-/m0/s1. The van der Waals surface area contributed by atoms with Crippen LogP contribution in [-0.4, -0.2) is 77.7 Å². The zero-order valence-corrected chi connectivity index (χ0v) is 31.5. The number of rotatable bonds is 14. The lowest BCUT2D eigenvalue weighted by Gasteiger charge is -2.23. The number of anilines is 1. The predicted octanol–water partition coefficient (Wildman–Crippen LogP) is 4.83. The molecule has 6 N–H and O–H groups in total. The molecule has 4 aromatic rings. The van der Waals surface area contributed by atoms with Gasteiger partial charge >= 0.3 is 18.1 Å². The fraction of sp³-hybridized carbons (Fsp3) is 0.333. The van der Waals surface area contributed by atoms with E-state index in [9.17, 15) is 28.8 Å². The molecule has 0 saturated heterocycles. The van der Waals surface area contributed by atoms with Gasteiger partial charge in [-0.05, 0) is 45.7 Å². The van der Waals surface area contributed by atoms with Crippen molar-refractivity contribution in [3.63, 3.8) is 0 Å². The topological polar surface area (TPSA) is 222 Å². The van der Waals surface area contributed by atoms with Gasteiger partial charge in [-0.15, -0.1) is 10.2 Å². The Labute approximate surface area is 318 Å². The number of aromatic nitrogens is 1. The number of amides is 6. The molecule has 0 aliphatic heterocycles. The number of carbonyl (C=O) groups excluding carboxylic acids is 6. The van der Waals surface area contributed by atoms with Crippen molar-refractivity contribution in [3.8, 4) is 0 Å². The number of hydrogen-bond donors (Lipinski definition) is 6. The average Bonchev–Trinajstić information content (AvgIpc) is 3.49. The van der Waals surface area contributed by atoms with Crippen molar-refractivity contribution in [2.75, 3.05) is 12.4 Å². The van der Waals surface area contributed by atoms with Crippen LogP contribution in [0, 0.1) is 0 Å². The highest BCUT2D eigenvalue weighted by Gasteiger charge is 2.28. The highest BCUT2D eigenvalue weighted by molar-refractivity contribution is 6.06. The second-order valence-corrected chi connectivity index (χ2v) is 13.6. The van der Waals surface area contributed by atoms with Crippen LogP contribution in [0.1, 0.15) is 45.7 Å². The number of esters is 1. The van der Waals surface area contributed by atoms with E-state index in [1.807, 2.05) is 36.4 Å². The first-order valence-electron chi connectivity index (χ1n) is 17.5. The Bertz CT molecular complexity index is 2010. The summed E-state index contributed by atoms with van der Waals surface area (Å²) < 4.78 is 10.1. The fourth-order valence-electron chi connectivity index (χ4n) is 5.30. The zero-order valence-electron chi connectivity index (χ0n) is 31.5. The molecule has 0 aliphatic rings. The third kappa shape index (κ3) is 12.5. The molecule has 1 aromatic heterocycles. The number of urea groups is 1. The van der Waals surface area contributed by atoms with Gasteiger partial charge in [-0.25, -0.2) is 14.4 Å². The van der Waals surface area contributed by atoms with Crippen LogP contribution in [0.5, 0.6) is 0 Å². The third-order valence-corrected chi connectivity index (χ3v) is 8.03. The van der Waals surface area contributed by atoms with Crippen LogP contribution in [0.25, 0.3) is 10.8 Å². The van der Waals surface area contributed by atoms with E-state index in [2.05, 4.69) is 41.8 Å². The molecule has 4 atom stereocenters. The SMILES string of the molecule is COC(=O)[C@H](Cc1ccccc1)NC(=O)[C@H](C)NC(=O)Nc1[nH]c(N=NC(=O)[C@H](Cc2ccccc2)NC(=O)[C@H](C)NC(=O)OC(C)(C)C)c2ccccc12. The number of nitrogens with one attached hydrogen (secondary N) is 6. The monoisotopic (exact) mass is 754 g/mol. The molecule has 16 heteroatoms. The predicted molar refractivity (Wildman–Crippen MR) is 204 cm³/mol. The molecule has 4 rings (SSSR count). The molecular formula is C39H46N8O8. The number of nitrogens with zero attached hydrogens (tertiary/aromatic N) is 2. The number of fused-ring (bicyclic) bond motifs is 1. The lowest BCUT2D eigenvalue weighted by molar-refractivity contribution is -0.145. The number of carbonyl (C=O) groups is 6. The van der Waals surface area contributed by atoms with E-state index in [1.165, 1.54) is 21.0 Å². The summed E-state index contributed by atoms with van der Waals surface area (Å²) in [7, 11) is 1.22. The Hall–Kier alpha value is -6.58. The zero-order chi connectivity index (χ0) is 40.1. The minimum atomic E-state index is -1.15. The minimum absolute atomic E-state index is 0.0838. The molecule has 0 saturated carbocycles. The first-order valence-corrected chi connectivity index (χ1v) is 17.5. The average molecular weight is 755 g/mol. The number of benzene rings is 3. The van der Waals surface area contributed by atoms with Crippen LogP contribution in [-0.2, 0) is 41.5 Å². The number of aromatic amines is 1. The van der Waals surface area contributed by atoms with Crippen LogP contribution in [0.3, 0.4) is 0 Å². The maximum Gasteiger partial charge on any atom is 0.408 e. The summed E-state index contributed by atoms with van der Waals surface area (Å²) in [5.74, 6) is -2.32. The van der Waals surface area contributed by atoms with Gasteiger partial charge < -0.3 is 35.7 Å². The Morgan fingerprint density at radius 1 is 0.691 bits per heavy atom. The largest absolute Gasteiger partial charge is 0.467 e. The van der Waals surface area contributed by atoms with Gasteiger partial charge in [-0.2, -0.15) is 0 Å². The molecule has 290 valence electrons. The molecule has 6 amide bonds. The van der Waals surface area contributed by atoms with E-state index < -0.39 is 65.6 Å². The van der Waals surface area contributed by atoms with Gasteiger partial charge in [0, 0.05) is 23.6 Å². The first kappa shape index (κ1) is 41.2. The van der Waals surface area contributed by atoms with Gasteiger partial charge in [0.25, 0.3) is 5.91 Å². The molecule has 3 aromatic carbocycles. The quantitative estimate of drug-likeness (QED) is 0.0771. The van der Waals surface area contributed by atoms with E-state index in [-0.39, 0.29) is 24.5 Å². The maximum absolute atomic E-state index is 13.5. The smallest absolute Gasteiger partial charge is 0.408 e. The second kappa shape index (κ2) is 19.0. The number of alkyl carbamates (subject to hydrolysis) is 1. The third-order valence-electron chi connectivity index (χ3n) is 8.03. The summed E-state index contributed by atoms with van der Waals surface area (Å²) in [6, 6.07) is 20.0. The second-order valence-electron chi connectivity index (χ2n) is 13.6. The van der Waals surface area contributed by atoms with E-state index >= 15 is 0 Å². The summed E-state index contributed by atoms with van der Waals surface area (Å²) in [4.78, 5) is 80.3. The fourth-order valence-corrected chi connectivity index (χ4v) is 5.30. The van der Waals surface area contributed by atoms with Gasteiger partial charge in [0.2, 0.25) is 11.8 Å². The molecular weight excluding hydrogens is 708 g/mol. The van der Waals surface area contributed by atoms with Crippen molar-refractivity contribution in [1.29, 1.82) is 0 Å². The number of hydrogen-bond acceptors (Lipinski definition) is 9. The van der Waals surface area contributed by atoms with Gasteiger partial charge in [0.1, 0.15) is 35.6 Å². The summed E-state index contributed by atoms with van der Waals surface area (Å²) in [5, 5.41) is 22.1. The van der Waals surface area contributed by atoms with Gasteiger partial charge in [0.15, 0.2) is 5.82 Å². The van der Waals surface area contributed by atoms with E-state index in [1.54, 1.807) is 69.3 Å². The number of H-pyrrole nitrogens is 1. The van der Waals surface area contributed by atoms with Crippen molar-refractivity contribution >= 4 is 58.2 Å². The summed E-state index contributed by atoms with van der Waals surface area (Å²) in [6.45, 7) is 8.00. The number of ether oxygens (including phenoxy) is 2. The van der Waals surface area contributed by atoms with Gasteiger partial charge in [-0.1, -0.05) is 84.9 Å². The van der Waals surface area contributed by atoms with Crippen LogP contribution in [0.15, 0.2) is 95.2 Å². The van der Waals surface area contributed by atoms with Gasteiger partial charge in [0.05, 0.1) is 7.11 Å². The Balaban J connectivity index is 1.45. The van der Waals surface area contributed by atoms with Gasteiger partial charge in [-0.3, -0.25) is 19.7 Å². The Morgan fingerprint density at radius 3 is 1.76 bits per heavy atom. The van der Waals surface area contributed by atoms with Crippen LogP contribution < -0.4 is 26.6 Å². The van der Waals surface area contributed by atoms with Crippen LogP contribution in [0.2, 0.25) is 0 Å². The molecule has 16 nitrogen and oxygen atoms in total. The first-order chi connectivity index (χ1) is 26.1. The molecule has 0 spiro atoms. The van der Waals surface area contributed by atoms with Crippen molar-refractivity contribution in [2.24, 2.45) is 10.2 Å². The van der Waals surface area contributed by atoms with E-state index in [4.69, 9.17) is 9.47 Å². The number of methoxy groups -OCH3 is 1. The van der Waals surface area contributed by atoms with Crippen LogP contribution >= 0.6 is 0 Å². The normalized spacial score (nSPS) is 13.5. The summed E-state index contributed by atoms with van der Waals surface area (Å²) in [6.07, 6.45) is -0.516. The molecule has 0 bridgehead atoms. The van der Waals surface area contributed by atoms with Crippen molar-refractivity contribution in [3.05, 3.63) is 96.1 Å². The van der Waals surface area contributed by atoms with Crippen LogP contribution in [0.4, 0.5) is 21.2 Å². The molecule has 0 radical (unpaired) electrons. The number of azo groups is 1. The van der Waals surface area contributed by atoms with Crippen molar-refractivity contribution < 1.29 is 38.2 Å². The van der Waals surface area contributed by atoms with E-state index in [0.717, 1.165) is 11.1 Å².